The monoisotopic (exact) mass is 669 g/mol. The molecule has 7 rings (SSSR count). The molecule has 2 saturated heterocycles. The highest BCUT2D eigenvalue weighted by molar-refractivity contribution is 5.95. The molecule has 2 aliphatic carbocycles. The maximum atomic E-state index is 14.2. The third-order valence-electron chi connectivity index (χ3n) is 10.5. The van der Waals surface area contributed by atoms with Gasteiger partial charge >= 0.3 is 6.09 Å². The molecule has 12 nitrogen and oxygen atoms in total. The molecule has 3 aromatic heterocycles. The van der Waals surface area contributed by atoms with Gasteiger partial charge in [0, 0.05) is 36.6 Å². The van der Waals surface area contributed by atoms with Crippen molar-refractivity contribution in [2.24, 2.45) is 11.8 Å². The Labute approximate surface area is 286 Å². The summed E-state index contributed by atoms with van der Waals surface area (Å²) in [7, 11) is 0. The highest BCUT2D eigenvalue weighted by atomic mass is 16.6. The highest BCUT2D eigenvalue weighted by Crippen LogP contribution is 2.57. The van der Waals surface area contributed by atoms with Gasteiger partial charge in [-0.2, -0.15) is 4.98 Å². The van der Waals surface area contributed by atoms with E-state index in [1.807, 2.05) is 38.3 Å². The summed E-state index contributed by atoms with van der Waals surface area (Å²) in [5.41, 5.74) is 1.79. The maximum absolute atomic E-state index is 14.2. The smallest absolute Gasteiger partial charge is 0.410 e. The number of hydrogen-bond donors (Lipinski definition) is 1. The molecule has 5 heterocycles. The number of aryl methyl sites for hydroxylation is 1. The molecule has 12 heteroatoms. The lowest BCUT2D eigenvalue weighted by Crippen LogP contribution is -2.45. The Morgan fingerprint density at radius 3 is 2.55 bits per heavy atom. The number of carbonyl (C=O) groups excluding carboxylic acids is 2. The van der Waals surface area contributed by atoms with Crippen molar-refractivity contribution < 1.29 is 19.1 Å². The molecule has 0 aromatic carbocycles. The van der Waals surface area contributed by atoms with Gasteiger partial charge in [0.15, 0.2) is 0 Å². The van der Waals surface area contributed by atoms with Crippen molar-refractivity contribution in [1.29, 1.82) is 0 Å². The Morgan fingerprint density at radius 2 is 1.88 bits per heavy atom. The summed E-state index contributed by atoms with van der Waals surface area (Å²) in [4.78, 5) is 58.2. The molecule has 1 N–H and O–H groups in total. The first-order valence-corrected chi connectivity index (χ1v) is 17.7. The van der Waals surface area contributed by atoms with E-state index >= 15 is 0 Å². The fourth-order valence-electron chi connectivity index (χ4n) is 8.00. The van der Waals surface area contributed by atoms with E-state index in [1.165, 1.54) is 0 Å². The summed E-state index contributed by atoms with van der Waals surface area (Å²) < 4.78 is 13.5. The van der Waals surface area contributed by atoms with E-state index in [9.17, 15) is 14.4 Å². The summed E-state index contributed by atoms with van der Waals surface area (Å²) in [6.45, 7) is 14.6. The van der Waals surface area contributed by atoms with Gasteiger partial charge < -0.3 is 19.7 Å². The molecular weight excluding hydrogens is 622 g/mol. The lowest BCUT2D eigenvalue weighted by atomic mass is 10.0. The Bertz CT molecular complexity index is 1850. The second-order valence-corrected chi connectivity index (χ2v) is 15.0. The molecule has 2 amide bonds. The van der Waals surface area contributed by atoms with E-state index < -0.39 is 5.60 Å². The van der Waals surface area contributed by atoms with Crippen LogP contribution in [0.15, 0.2) is 35.9 Å². The van der Waals surface area contributed by atoms with Gasteiger partial charge in [-0.05, 0) is 95.8 Å². The zero-order valence-electron chi connectivity index (χ0n) is 29.2. The minimum Gasteiger partial charge on any atom is -0.493 e. The Morgan fingerprint density at radius 1 is 1.08 bits per heavy atom. The number of hydrogen-bond acceptors (Lipinski definition) is 9. The first kappa shape index (κ1) is 33.0. The van der Waals surface area contributed by atoms with Gasteiger partial charge in [-0.15, -0.1) is 0 Å². The van der Waals surface area contributed by atoms with Crippen LogP contribution in [0.1, 0.15) is 96.2 Å². The molecule has 3 unspecified atom stereocenters. The fourth-order valence-corrected chi connectivity index (χ4v) is 8.00. The van der Waals surface area contributed by atoms with Crippen LogP contribution in [0.25, 0.3) is 16.8 Å². The number of unbranched alkanes of at least 4 members (excludes halogenated alkanes) is 1. The molecular formula is C37H47N7O5. The van der Waals surface area contributed by atoms with Crippen molar-refractivity contribution in [3.63, 3.8) is 0 Å². The number of anilines is 3. The van der Waals surface area contributed by atoms with Gasteiger partial charge in [0.2, 0.25) is 11.9 Å². The molecule has 5 atom stereocenters. The van der Waals surface area contributed by atoms with Crippen molar-refractivity contribution in [2.75, 3.05) is 23.4 Å². The van der Waals surface area contributed by atoms with Crippen LogP contribution in [0.2, 0.25) is 0 Å². The first-order valence-electron chi connectivity index (χ1n) is 17.7. The molecule has 0 radical (unpaired) electrons. The average Bonchev–Trinajstić information content (AvgIpc) is 3.58. The van der Waals surface area contributed by atoms with Gasteiger partial charge in [-0.1, -0.05) is 19.9 Å². The first-order chi connectivity index (χ1) is 23.4. The van der Waals surface area contributed by atoms with Crippen LogP contribution in [-0.4, -0.2) is 67.3 Å². The van der Waals surface area contributed by atoms with E-state index in [4.69, 9.17) is 14.5 Å². The van der Waals surface area contributed by atoms with E-state index in [0.29, 0.717) is 59.4 Å². The number of carbonyl (C=O) groups is 2. The SMILES string of the molecule is C=C(OCCCC)c1c(C)c2cnc(Nc3ccc(N4C[C@H]5CC[C@@H](CC4=O)N5C(=O)OC(C)(C)C)cn3)nc2n(C2CCC3CC32)c1=O. The second kappa shape index (κ2) is 12.8. The van der Waals surface area contributed by atoms with Crippen LogP contribution in [0.5, 0.6) is 0 Å². The van der Waals surface area contributed by atoms with E-state index in [0.717, 1.165) is 55.9 Å². The Kier molecular flexibility index (Phi) is 8.60. The number of nitrogens with one attached hydrogen (secondary N) is 1. The number of rotatable bonds is 9. The van der Waals surface area contributed by atoms with Crippen molar-refractivity contribution >= 4 is 46.2 Å². The second-order valence-electron chi connectivity index (χ2n) is 15.0. The van der Waals surface area contributed by atoms with Crippen LogP contribution in [0.4, 0.5) is 22.2 Å². The van der Waals surface area contributed by atoms with Crippen LogP contribution in [0.3, 0.4) is 0 Å². The third kappa shape index (κ3) is 6.37. The summed E-state index contributed by atoms with van der Waals surface area (Å²) in [5, 5.41) is 4.00. The maximum Gasteiger partial charge on any atom is 0.410 e. The molecule has 2 saturated carbocycles. The quantitative estimate of drug-likeness (QED) is 0.200. The van der Waals surface area contributed by atoms with Gasteiger partial charge in [0.05, 0.1) is 30.1 Å². The predicted molar refractivity (Wildman–Crippen MR) is 188 cm³/mol. The van der Waals surface area contributed by atoms with Crippen molar-refractivity contribution in [3.05, 3.63) is 52.6 Å². The predicted octanol–water partition coefficient (Wildman–Crippen LogP) is 6.50. The molecule has 260 valence electrons. The molecule has 2 aliphatic heterocycles. The Balaban J connectivity index is 1.13. The van der Waals surface area contributed by atoms with E-state index in [2.05, 4.69) is 28.8 Å². The molecule has 0 spiro atoms. The zero-order valence-corrected chi connectivity index (χ0v) is 29.2. The van der Waals surface area contributed by atoms with Crippen LogP contribution in [0, 0.1) is 18.8 Å². The minimum atomic E-state index is -0.609. The van der Waals surface area contributed by atoms with Crippen molar-refractivity contribution in [3.8, 4) is 0 Å². The number of ether oxygens (including phenoxy) is 2. The van der Waals surface area contributed by atoms with Crippen LogP contribution in [-0.2, 0) is 14.3 Å². The van der Waals surface area contributed by atoms with Crippen LogP contribution >= 0.6 is 0 Å². The van der Waals surface area contributed by atoms with Gasteiger partial charge in [0.25, 0.3) is 5.56 Å². The lowest BCUT2D eigenvalue weighted by molar-refractivity contribution is -0.119. The molecule has 4 fully saturated rings. The lowest BCUT2D eigenvalue weighted by Gasteiger charge is -2.31. The normalized spacial score (nSPS) is 24.5. The number of amides is 2. The standard InChI is InChI=1S/C37H47N7O5/c1-7-8-15-48-22(3)32-21(2)28-19-39-35(41-33(28)44(34(32)46)29-13-9-23-16-27(23)29)40-30-14-12-25(18-38-30)42-20-26-11-10-24(17-31(42)45)43(26)36(47)49-37(4,5)6/h12,14,18-19,23-24,26-27,29H,3,7-11,13,15-17,20H2,1-2,4-6H3,(H,38,39,40,41)/t23?,24-,26+,27?,29?/m0/s1. The summed E-state index contributed by atoms with van der Waals surface area (Å²) >= 11 is 0. The Hall–Kier alpha value is -4.48. The molecule has 4 aliphatic rings. The zero-order chi connectivity index (χ0) is 34.6. The number of nitrogens with zero attached hydrogens (tertiary/aromatic N) is 6. The van der Waals surface area contributed by atoms with Gasteiger partial charge in [0.1, 0.15) is 22.8 Å². The average molecular weight is 670 g/mol. The van der Waals surface area contributed by atoms with E-state index in [-0.39, 0.29) is 42.1 Å². The summed E-state index contributed by atoms with van der Waals surface area (Å²) in [6, 6.07) is 3.41. The van der Waals surface area contributed by atoms with Gasteiger partial charge in [-0.25, -0.2) is 14.8 Å². The van der Waals surface area contributed by atoms with Crippen molar-refractivity contribution in [1.82, 2.24) is 24.4 Å². The number of fused-ring (bicyclic) bond motifs is 4. The number of aromatic nitrogens is 4. The van der Waals surface area contributed by atoms with Crippen molar-refractivity contribution in [2.45, 2.75) is 110 Å². The number of pyridine rings is 2. The fraction of sp³-hybridized carbons (Fsp3) is 0.568. The van der Waals surface area contributed by atoms with E-state index in [1.54, 1.807) is 28.3 Å². The summed E-state index contributed by atoms with van der Waals surface area (Å²) in [6.07, 6.45) is 9.97. The molecule has 49 heavy (non-hydrogen) atoms. The molecule has 2 bridgehead atoms. The molecule has 3 aromatic rings. The van der Waals surface area contributed by atoms with Gasteiger partial charge in [-0.3, -0.25) is 19.1 Å². The minimum absolute atomic E-state index is 0.0444. The summed E-state index contributed by atoms with van der Waals surface area (Å²) in [5.74, 6) is 2.35. The largest absolute Gasteiger partial charge is 0.493 e. The highest BCUT2D eigenvalue weighted by Gasteiger charge is 2.50. The van der Waals surface area contributed by atoms with Crippen LogP contribution < -0.4 is 15.8 Å². The third-order valence-corrected chi connectivity index (χ3v) is 10.5. The topological polar surface area (TPSA) is 132 Å².